The lowest BCUT2D eigenvalue weighted by molar-refractivity contribution is 0.102. The average Bonchev–Trinajstić information content (AvgIpc) is 3.29. The number of amides is 1. The fraction of sp³-hybridized carbons (Fsp3) is 0.467. The third-order valence-electron chi connectivity index (χ3n) is 8.80. The highest BCUT2D eigenvalue weighted by Crippen LogP contribution is 2.51. The smallest absolute Gasteiger partial charge is 0.255 e. The Morgan fingerprint density at radius 3 is 2.52 bits per heavy atom. The number of rotatable bonds is 9. The molecule has 3 aliphatic rings. The first kappa shape index (κ1) is 28.2. The second-order valence-electron chi connectivity index (χ2n) is 12.0. The van der Waals surface area contributed by atoms with Crippen molar-refractivity contribution in [2.45, 2.75) is 63.3 Å². The number of aryl methyl sites for hydroxylation is 1. The van der Waals surface area contributed by atoms with Crippen molar-refractivity contribution < 1.29 is 17.9 Å². The van der Waals surface area contributed by atoms with E-state index in [0.29, 0.717) is 29.4 Å². The van der Waals surface area contributed by atoms with Crippen molar-refractivity contribution in [3.05, 3.63) is 64.7 Å². The molecule has 12 heteroatoms. The van der Waals surface area contributed by atoms with Crippen LogP contribution in [0.5, 0.6) is 5.75 Å². The topological polar surface area (TPSA) is 130 Å². The summed E-state index contributed by atoms with van der Waals surface area (Å²) in [6.07, 6.45) is 8.59. The Bertz CT molecular complexity index is 1690. The van der Waals surface area contributed by atoms with Crippen LogP contribution in [-0.4, -0.2) is 43.8 Å². The molecule has 3 aromatic rings. The molecule has 1 amide bonds. The van der Waals surface area contributed by atoms with Crippen LogP contribution in [0.15, 0.2) is 46.9 Å². The van der Waals surface area contributed by atoms with E-state index < -0.39 is 10.0 Å². The van der Waals surface area contributed by atoms with Crippen molar-refractivity contribution in [1.82, 2.24) is 9.55 Å². The van der Waals surface area contributed by atoms with Crippen LogP contribution in [0, 0.1) is 6.92 Å². The van der Waals surface area contributed by atoms with Gasteiger partial charge in [-0.25, -0.2) is 18.4 Å². The van der Waals surface area contributed by atoms with Crippen molar-refractivity contribution in [1.29, 1.82) is 0 Å². The number of aromatic nitrogens is 2. The summed E-state index contributed by atoms with van der Waals surface area (Å²) in [5.74, 6) is 1.55. The molecular weight excluding hydrogens is 554 g/mol. The van der Waals surface area contributed by atoms with Crippen molar-refractivity contribution in [2.24, 2.45) is 17.4 Å². The van der Waals surface area contributed by atoms with Gasteiger partial charge in [0.05, 0.1) is 48.9 Å². The van der Waals surface area contributed by atoms with Gasteiger partial charge in [-0.2, -0.15) is 5.11 Å². The number of nitrogens with one attached hydrogen (secondary N) is 2. The Balaban J connectivity index is 1.24. The summed E-state index contributed by atoms with van der Waals surface area (Å²) in [7, 11) is -0.0696. The van der Waals surface area contributed by atoms with Gasteiger partial charge in [0.25, 0.3) is 5.91 Å². The SMILES string of the molecule is COc1c(NC(=O)c2ccc(C)c(N3CC(c4cnc(C5CCC5)n4C)N=N3)c2)cc(C2(C)CC2)cc1NS(C)(=O)=O. The predicted molar refractivity (Wildman–Crippen MR) is 162 cm³/mol. The molecule has 2 saturated carbocycles. The summed E-state index contributed by atoms with van der Waals surface area (Å²) in [4.78, 5) is 18.3. The molecule has 2 heterocycles. The van der Waals surface area contributed by atoms with Gasteiger partial charge in [-0.1, -0.05) is 24.6 Å². The van der Waals surface area contributed by atoms with Crippen LogP contribution in [-0.2, 0) is 22.5 Å². The zero-order valence-corrected chi connectivity index (χ0v) is 25.5. The number of hydrogen-bond acceptors (Lipinski definition) is 8. The first-order valence-corrected chi connectivity index (χ1v) is 16.2. The average molecular weight is 592 g/mol. The van der Waals surface area contributed by atoms with E-state index in [1.165, 1.54) is 26.4 Å². The van der Waals surface area contributed by atoms with Gasteiger partial charge in [0, 0.05) is 18.5 Å². The number of sulfonamides is 1. The van der Waals surface area contributed by atoms with Crippen LogP contribution < -0.4 is 19.8 Å². The van der Waals surface area contributed by atoms with Crippen LogP contribution in [0.4, 0.5) is 17.1 Å². The van der Waals surface area contributed by atoms with Gasteiger partial charge >= 0.3 is 0 Å². The Hall–Kier alpha value is -3.93. The number of carbonyl (C=O) groups is 1. The van der Waals surface area contributed by atoms with Gasteiger partial charge in [0.2, 0.25) is 10.0 Å². The highest BCUT2D eigenvalue weighted by molar-refractivity contribution is 7.92. The van der Waals surface area contributed by atoms with E-state index >= 15 is 0 Å². The first-order valence-electron chi connectivity index (χ1n) is 14.3. The molecular formula is C30H37N7O4S. The number of imidazole rings is 1. The number of methoxy groups -OCH3 is 1. The van der Waals surface area contributed by atoms with Crippen LogP contribution in [0.3, 0.4) is 0 Å². The Morgan fingerprint density at radius 1 is 1.14 bits per heavy atom. The summed E-state index contributed by atoms with van der Waals surface area (Å²) in [5.41, 5.74) is 4.79. The number of ether oxygens (including phenoxy) is 1. The van der Waals surface area contributed by atoms with E-state index in [0.717, 1.165) is 47.4 Å². The number of benzene rings is 2. The second-order valence-corrected chi connectivity index (χ2v) is 13.8. The third-order valence-corrected chi connectivity index (χ3v) is 9.39. The number of carbonyl (C=O) groups excluding carboxylic acids is 1. The molecule has 222 valence electrons. The minimum absolute atomic E-state index is 0.0689. The fourth-order valence-corrected chi connectivity index (χ4v) is 6.27. The lowest BCUT2D eigenvalue weighted by Gasteiger charge is -2.25. The Labute approximate surface area is 246 Å². The van der Waals surface area contributed by atoms with Crippen molar-refractivity contribution in [2.75, 3.05) is 35.0 Å². The molecule has 2 aliphatic carbocycles. The summed E-state index contributed by atoms with van der Waals surface area (Å²) in [6.45, 7) is 4.64. The van der Waals surface area contributed by atoms with Gasteiger partial charge in [-0.15, -0.1) is 0 Å². The van der Waals surface area contributed by atoms with E-state index in [2.05, 4.69) is 36.9 Å². The number of anilines is 3. The van der Waals surface area contributed by atoms with Gasteiger partial charge in [0.1, 0.15) is 11.9 Å². The Morgan fingerprint density at radius 2 is 1.88 bits per heavy atom. The third kappa shape index (κ3) is 5.35. The van der Waals surface area contributed by atoms with E-state index in [-0.39, 0.29) is 23.1 Å². The minimum Gasteiger partial charge on any atom is -0.492 e. The van der Waals surface area contributed by atoms with Gasteiger partial charge in [-0.3, -0.25) is 9.52 Å². The number of hydrogen-bond donors (Lipinski definition) is 2. The molecule has 2 fully saturated rings. The highest BCUT2D eigenvalue weighted by Gasteiger charge is 2.40. The molecule has 1 atom stereocenters. The zero-order chi connectivity index (χ0) is 29.8. The fourth-order valence-electron chi connectivity index (χ4n) is 5.72. The van der Waals surface area contributed by atoms with Crippen LogP contribution >= 0.6 is 0 Å². The van der Waals surface area contributed by atoms with Gasteiger partial charge < -0.3 is 14.6 Å². The second kappa shape index (κ2) is 10.4. The Kier molecular flexibility index (Phi) is 6.99. The normalized spacial score (nSPS) is 19.5. The van der Waals surface area contributed by atoms with Crippen LogP contribution in [0.25, 0.3) is 0 Å². The molecule has 1 aromatic heterocycles. The highest BCUT2D eigenvalue weighted by atomic mass is 32.2. The lowest BCUT2D eigenvalue weighted by atomic mass is 9.85. The summed E-state index contributed by atoms with van der Waals surface area (Å²) in [6, 6.07) is 8.98. The standard InChI is InChI=1S/C30H37N7O4S/c1-18-9-10-20(13-25(18)37-17-24(33-35-37)26-16-31-28(36(26)3)19-7-6-8-19)29(38)32-22-14-21(30(2)11-12-30)15-23(27(22)41-4)34-42(5,39)40/h9-10,13-16,19,24,34H,6-8,11-12,17H2,1-5H3,(H,32,38). The van der Waals surface area contributed by atoms with E-state index in [9.17, 15) is 13.2 Å². The molecule has 0 saturated heterocycles. The molecule has 2 N–H and O–H groups in total. The molecule has 0 radical (unpaired) electrons. The van der Waals surface area contributed by atoms with E-state index in [1.54, 1.807) is 12.1 Å². The monoisotopic (exact) mass is 591 g/mol. The van der Waals surface area contributed by atoms with Gasteiger partial charge in [-0.05, 0) is 73.4 Å². The molecule has 1 aliphatic heterocycles. The maximum absolute atomic E-state index is 13.6. The molecule has 2 aromatic carbocycles. The van der Waals surface area contributed by atoms with Crippen molar-refractivity contribution in [3.8, 4) is 5.75 Å². The number of nitrogens with zero attached hydrogens (tertiary/aromatic N) is 5. The molecule has 42 heavy (non-hydrogen) atoms. The van der Waals surface area contributed by atoms with Crippen LogP contribution in [0.1, 0.15) is 84.0 Å². The van der Waals surface area contributed by atoms with Crippen molar-refractivity contribution in [3.63, 3.8) is 0 Å². The first-order chi connectivity index (χ1) is 20.0. The van der Waals surface area contributed by atoms with Crippen LogP contribution in [0.2, 0.25) is 0 Å². The lowest BCUT2D eigenvalue weighted by Crippen LogP contribution is -2.20. The predicted octanol–water partition coefficient (Wildman–Crippen LogP) is 5.61. The largest absolute Gasteiger partial charge is 0.492 e. The maximum atomic E-state index is 13.6. The molecule has 0 bridgehead atoms. The van der Waals surface area contributed by atoms with Gasteiger partial charge in [0.15, 0.2) is 5.75 Å². The molecule has 11 nitrogen and oxygen atoms in total. The maximum Gasteiger partial charge on any atom is 0.255 e. The zero-order valence-electron chi connectivity index (χ0n) is 24.6. The summed E-state index contributed by atoms with van der Waals surface area (Å²) in [5, 5.41) is 13.8. The quantitative estimate of drug-likeness (QED) is 0.333. The van der Waals surface area contributed by atoms with E-state index in [4.69, 9.17) is 4.74 Å². The molecule has 1 unspecified atom stereocenters. The van der Waals surface area contributed by atoms with Crippen molar-refractivity contribution >= 4 is 33.0 Å². The molecule has 6 rings (SSSR count). The van der Waals surface area contributed by atoms with E-state index in [1.807, 2.05) is 43.4 Å². The minimum atomic E-state index is -3.57. The summed E-state index contributed by atoms with van der Waals surface area (Å²) < 4.78 is 34.5. The summed E-state index contributed by atoms with van der Waals surface area (Å²) >= 11 is 0. The molecule has 0 spiro atoms.